The van der Waals surface area contributed by atoms with Crippen LogP contribution >= 0.6 is 0 Å². The van der Waals surface area contributed by atoms with Crippen molar-refractivity contribution >= 4 is 43.9 Å². The Kier molecular flexibility index (Phi) is 1.92. The first-order valence-corrected chi connectivity index (χ1v) is 11.0. The number of fused-ring (bicyclic) bond motifs is 6. The molecule has 8 aromatic rings. The molecule has 3 aromatic heterocycles. The molecule has 8 rings (SSSR count). The molecule has 0 saturated carbocycles. The molecular weight excluding hydrogens is 466 g/mol. The molecule has 0 unspecified atom stereocenters. The van der Waals surface area contributed by atoms with E-state index in [0.717, 1.165) is 4.57 Å². The Balaban J connectivity index is 1.55. The Bertz CT molecular complexity index is 3220. The summed E-state index contributed by atoms with van der Waals surface area (Å²) in [6, 6.07) is -16.1. The quantitative estimate of drug-likeness (QED) is 0.239. The Morgan fingerprint density at radius 2 is 1.21 bits per heavy atom. The van der Waals surface area contributed by atoms with Crippen molar-refractivity contribution in [1.29, 1.82) is 0 Å². The Morgan fingerprint density at radius 3 is 2.00 bits per heavy atom. The molecule has 0 bridgehead atoms. The first kappa shape index (κ1) is 8.96. The third-order valence-electron chi connectivity index (χ3n) is 5.83. The number of nitrogens with zero attached hydrogens (tertiary/aromatic N) is 3. The highest BCUT2D eigenvalue weighted by molar-refractivity contribution is 6.09. The largest absolute Gasteiger partial charge is 0.452 e. The number of hydrogen-bond donors (Lipinski definition) is 0. The van der Waals surface area contributed by atoms with Crippen LogP contribution in [0.3, 0.4) is 0 Å². The summed E-state index contributed by atoms with van der Waals surface area (Å²) in [5.41, 5.74) is -5.68. The van der Waals surface area contributed by atoms with Gasteiger partial charge in [0, 0.05) is 27.4 Å². The van der Waals surface area contributed by atoms with Gasteiger partial charge in [0.2, 0.25) is 0 Å². The zero-order valence-corrected chi connectivity index (χ0v) is 18.7. The third-order valence-corrected chi connectivity index (χ3v) is 5.83. The second-order valence-corrected chi connectivity index (χ2v) is 7.91. The zero-order chi connectivity index (χ0) is 43.3. The fraction of sp³-hybridized carbons (Fsp3) is 0. The van der Waals surface area contributed by atoms with E-state index in [2.05, 4.69) is 9.97 Å². The van der Waals surface area contributed by atoms with Crippen molar-refractivity contribution in [3.63, 3.8) is 0 Å². The van der Waals surface area contributed by atoms with Crippen molar-refractivity contribution in [2.24, 2.45) is 0 Å². The summed E-state index contributed by atoms with van der Waals surface area (Å²) >= 11 is 0. The van der Waals surface area contributed by atoms with Crippen molar-refractivity contribution < 1.29 is 33.2 Å². The van der Waals surface area contributed by atoms with E-state index in [4.69, 9.17) is 30.5 Å². The van der Waals surface area contributed by atoms with Gasteiger partial charge in [-0.3, -0.25) is 0 Å². The lowest BCUT2D eigenvalue weighted by atomic mass is 10.0. The lowest BCUT2D eigenvalue weighted by Crippen LogP contribution is -1.94. The summed E-state index contributed by atoms with van der Waals surface area (Å²) in [5.74, 6) is 0. The minimum absolute atomic E-state index is 0.261. The molecule has 178 valence electrons. The monoisotopic (exact) mass is 508 g/mol. The van der Waals surface area contributed by atoms with Gasteiger partial charge in [-0.05, 0) is 53.4 Å². The van der Waals surface area contributed by atoms with E-state index in [-0.39, 0.29) is 10.9 Å². The van der Waals surface area contributed by atoms with Crippen molar-refractivity contribution in [3.8, 4) is 28.1 Å². The van der Waals surface area contributed by atoms with E-state index in [1.807, 2.05) is 0 Å². The highest BCUT2D eigenvalue weighted by atomic mass is 16.3. The summed E-state index contributed by atoms with van der Waals surface area (Å²) in [7, 11) is 0. The van der Waals surface area contributed by atoms with E-state index in [0.29, 0.717) is 0 Å². The fourth-order valence-corrected chi connectivity index (χ4v) is 4.22. The van der Waals surface area contributed by atoms with E-state index in [1.165, 1.54) is 0 Å². The lowest BCUT2D eigenvalue weighted by Gasteiger charge is -2.11. The third kappa shape index (κ3) is 3.10. The Morgan fingerprint density at radius 1 is 0.579 bits per heavy atom. The van der Waals surface area contributed by atoms with Gasteiger partial charge in [-0.1, -0.05) is 78.6 Å². The number of aromatic nitrogens is 3. The second-order valence-electron chi connectivity index (χ2n) is 7.91. The minimum Gasteiger partial charge on any atom is -0.452 e. The zero-order valence-electron chi connectivity index (χ0n) is 39.7. The van der Waals surface area contributed by atoms with E-state index >= 15 is 0 Å². The molecule has 4 heteroatoms. The van der Waals surface area contributed by atoms with Crippen LogP contribution in [0.15, 0.2) is 132 Å². The molecule has 0 atom stereocenters. The van der Waals surface area contributed by atoms with Gasteiger partial charge in [-0.25, -0.2) is 9.97 Å². The van der Waals surface area contributed by atoms with E-state index in [1.54, 1.807) is 0 Å². The average Bonchev–Trinajstić information content (AvgIpc) is 3.76. The fourth-order valence-electron chi connectivity index (χ4n) is 4.22. The van der Waals surface area contributed by atoms with Gasteiger partial charge in [-0.15, -0.1) is 0 Å². The SMILES string of the molecule is [2H]c1nc(-c2c([2H])c([2H])c([2H])c(-c3c([2H])c([2H])c([2H])c(-n4c5c([2H])c([2H])c([2H])c([2H])c5c5c([2H])c([2H])c([2H])c([2H])c54)c3[2H])c2[2H])c2oc3c([2H])c([2H])c([2H])c([2H])c3c2n1. The van der Waals surface area contributed by atoms with Crippen molar-refractivity contribution in [2.75, 3.05) is 0 Å². The number of benzene rings is 5. The number of furan rings is 1. The summed E-state index contributed by atoms with van der Waals surface area (Å²) < 4.78 is 189. The number of hydrogen-bond acceptors (Lipinski definition) is 3. The Hall–Kier alpha value is -5.22. The van der Waals surface area contributed by atoms with Crippen LogP contribution in [0.2, 0.25) is 0 Å². The summed E-state index contributed by atoms with van der Waals surface area (Å²) in [6.07, 6.45) is -0.776. The topological polar surface area (TPSA) is 43.9 Å². The molecule has 0 N–H and O–H groups in total. The van der Waals surface area contributed by atoms with Gasteiger partial charge in [-0.2, -0.15) is 0 Å². The highest BCUT2D eigenvalue weighted by Gasteiger charge is 2.16. The molecule has 0 aliphatic heterocycles. The predicted octanol–water partition coefficient (Wildman–Crippen LogP) is 8.81. The second kappa shape index (κ2) is 8.15. The Labute approximate surface area is 247 Å². The standard InChI is InChI=1S/C34H21N3O/c1-4-16-29-26(13-1)27-14-2-5-17-30(27)37(29)25-12-8-10-23(20-25)22-9-7-11-24(19-22)32-34-33(36-21-35-32)28-15-3-6-18-31(28)38-34/h1-21H/i1D,2D,3D,4D,5D,6D,7D,8D,9D,10D,11D,12D,13D,14D,15D,16D,17D,18D,19D,20D,21D. The first-order valence-electron chi connectivity index (χ1n) is 21.5. The van der Waals surface area contributed by atoms with Crippen LogP contribution in [0, 0.1) is 0 Å². The van der Waals surface area contributed by atoms with Gasteiger partial charge >= 0.3 is 0 Å². The maximum Gasteiger partial charge on any atom is 0.180 e. The average molecular weight is 509 g/mol. The number of rotatable bonds is 3. The lowest BCUT2D eigenvalue weighted by molar-refractivity contribution is 0.667. The van der Waals surface area contributed by atoms with Crippen LogP contribution in [-0.4, -0.2) is 14.5 Å². The van der Waals surface area contributed by atoms with Crippen LogP contribution in [0.5, 0.6) is 0 Å². The van der Waals surface area contributed by atoms with E-state index < -0.39 is 188 Å². The molecule has 3 heterocycles. The van der Waals surface area contributed by atoms with Crippen molar-refractivity contribution in [1.82, 2.24) is 14.5 Å². The molecule has 0 saturated heterocycles. The molecule has 0 aliphatic rings. The highest BCUT2D eigenvalue weighted by Crippen LogP contribution is 2.36. The van der Waals surface area contributed by atoms with Gasteiger partial charge < -0.3 is 8.98 Å². The van der Waals surface area contributed by atoms with Gasteiger partial charge in [0.1, 0.15) is 24.5 Å². The normalized spacial score (nSPS) is 19.4. The first-order chi connectivity index (χ1) is 27.6. The van der Waals surface area contributed by atoms with Crippen LogP contribution in [0.1, 0.15) is 28.8 Å². The van der Waals surface area contributed by atoms with E-state index in [9.17, 15) is 2.74 Å². The molecule has 0 spiro atoms. The molecule has 0 aliphatic carbocycles. The maximum atomic E-state index is 9.49. The van der Waals surface area contributed by atoms with Crippen molar-refractivity contribution in [3.05, 3.63) is 127 Å². The van der Waals surface area contributed by atoms with Crippen LogP contribution < -0.4 is 0 Å². The number of para-hydroxylation sites is 3. The van der Waals surface area contributed by atoms with Crippen LogP contribution in [-0.2, 0) is 0 Å². The summed E-state index contributed by atoms with van der Waals surface area (Å²) in [5, 5.41) is -1.09. The minimum atomic E-state index is -0.969. The maximum absolute atomic E-state index is 9.49. The van der Waals surface area contributed by atoms with Crippen molar-refractivity contribution in [2.45, 2.75) is 0 Å². The van der Waals surface area contributed by atoms with Gasteiger partial charge in [0.15, 0.2) is 5.58 Å². The van der Waals surface area contributed by atoms with Gasteiger partial charge in [0.25, 0.3) is 0 Å². The smallest absolute Gasteiger partial charge is 0.180 e. The molecule has 0 fully saturated rings. The van der Waals surface area contributed by atoms with Crippen LogP contribution in [0.25, 0.3) is 71.9 Å². The molecule has 4 nitrogen and oxygen atoms in total. The van der Waals surface area contributed by atoms with Gasteiger partial charge in [0.05, 0.1) is 38.4 Å². The molecule has 0 amide bonds. The predicted molar refractivity (Wildman–Crippen MR) is 155 cm³/mol. The molecular formula is C34H21N3O. The molecule has 0 radical (unpaired) electrons. The summed E-state index contributed by atoms with van der Waals surface area (Å²) in [4.78, 5) is 8.00. The van der Waals surface area contributed by atoms with Crippen LogP contribution in [0.4, 0.5) is 0 Å². The molecule has 38 heavy (non-hydrogen) atoms. The summed E-state index contributed by atoms with van der Waals surface area (Å²) in [6.45, 7) is 0. The molecule has 5 aromatic carbocycles.